The van der Waals surface area contributed by atoms with Crippen LogP contribution in [0.4, 0.5) is 5.95 Å². The van der Waals surface area contributed by atoms with Crippen LogP contribution >= 0.6 is 34.8 Å². The lowest BCUT2D eigenvalue weighted by Crippen LogP contribution is -2.32. The Hall–Kier alpha value is -2.54. The summed E-state index contributed by atoms with van der Waals surface area (Å²) >= 11 is 18.6. The molecule has 1 amide bonds. The standard InChI is InChI=1S/C19H14Cl3N5O/c1-9-14(17(23)28)16(12-3-2-4-13(21)15(12)22)27-19(24-9)25-18(26-27)10-5-7-11(20)8-6-10/h2-8,16H,1H3,(H2,23,28)(H,24,25,26). The number of halogens is 3. The van der Waals surface area contributed by atoms with Gasteiger partial charge >= 0.3 is 0 Å². The molecule has 0 saturated carbocycles. The third-order valence-electron chi connectivity index (χ3n) is 4.50. The van der Waals surface area contributed by atoms with Crippen LogP contribution in [0.5, 0.6) is 0 Å². The maximum Gasteiger partial charge on any atom is 0.248 e. The molecule has 1 aliphatic heterocycles. The summed E-state index contributed by atoms with van der Waals surface area (Å²) in [5.74, 6) is 0.356. The van der Waals surface area contributed by atoms with Crippen molar-refractivity contribution >= 4 is 46.7 Å². The van der Waals surface area contributed by atoms with Gasteiger partial charge in [-0.3, -0.25) is 4.79 Å². The quantitative estimate of drug-likeness (QED) is 0.627. The van der Waals surface area contributed by atoms with E-state index in [1.807, 2.05) is 12.1 Å². The van der Waals surface area contributed by atoms with Crippen molar-refractivity contribution in [1.82, 2.24) is 14.8 Å². The number of amides is 1. The van der Waals surface area contributed by atoms with Crippen LogP contribution < -0.4 is 11.1 Å². The molecule has 2 aromatic carbocycles. The van der Waals surface area contributed by atoms with E-state index in [2.05, 4.69) is 15.4 Å². The number of hydrogen-bond acceptors (Lipinski definition) is 4. The van der Waals surface area contributed by atoms with E-state index in [0.29, 0.717) is 43.7 Å². The number of allylic oxidation sites excluding steroid dienone is 1. The van der Waals surface area contributed by atoms with Gasteiger partial charge in [0.05, 0.1) is 15.6 Å². The molecule has 28 heavy (non-hydrogen) atoms. The van der Waals surface area contributed by atoms with Gasteiger partial charge in [0.2, 0.25) is 11.9 Å². The minimum Gasteiger partial charge on any atom is -0.366 e. The third-order valence-corrected chi connectivity index (χ3v) is 5.58. The zero-order chi connectivity index (χ0) is 20.0. The molecule has 0 saturated heterocycles. The van der Waals surface area contributed by atoms with Gasteiger partial charge in [-0.25, -0.2) is 4.68 Å². The number of nitrogens with one attached hydrogen (secondary N) is 1. The number of nitrogens with zero attached hydrogens (tertiary/aromatic N) is 3. The van der Waals surface area contributed by atoms with Gasteiger partial charge in [0.1, 0.15) is 6.04 Å². The Bertz CT molecular complexity index is 1120. The van der Waals surface area contributed by atoms with E-state index in [-0.39, 0.29) is 0 Å². The predicted molar refractivity (Wildman–Crippen MR) is 111 cm³/mol. The molecule has 9 heteroatoms. The Balaban J connectivity index is 1.92. The summed E-state index contributed by atoms with van der Waals surface area (Å²) in [5.41, 5.74) is 7.98. The second-order valence-corrected chi connectivity index (χ2v) is 7.51. The molecule has 142 valence electrons. The number of rotatable bonds is 3. The highest BCUT2D eigenvalue weighted by atomic mass is 35.5. The SMILES string of the molecule is CC1=C(C(N)=O)C(c2cccc(Cl)c2Cl)n2nc(-c3ccc(Cl)cc3)nc2N1. The van der Waals surface area contributed by atoms with Crippen molar-refractivity contribution in [3.63, 3.8) is 0 Å². The number of primary amides is 1. The largest absolute Gasteiger partial charge is 0.366 e. The average Bonchev–Trinajstić information content (AvgIpc) is 3.07. The Morgan fingerprint density at radius 2 is 1.86 bits per heavy atom. The molecule has 0 radical (unpaired) electrons. The van der Waals surface area contributed by atoms with Crippen LogP contribution in [0.3, 0.4) is 0 Å². The van der Waals surface area contributed by atoms with E-state index in [1.165, 1.54) is 0 Å². The minimum absolute atomic E-state index is 0.331. The number of aromatic nitrogens is 3. The summed E-state index contributed by atoms with van der Waals surface area (Å²) in [6, 6.07) is 11.7. The van der Waals surface area contributed by atoms with Gasteiger partial charge in [0.15, 0.2) is 5.82 Å². The fourth-order valence-corrected chi connectivity index (χ4v) is 3.75. The van der Waals surface area contributed by atoms with Crippen molar-refractivity contribution in [3.05, 3.63) is 74.4 Å². The molecule has 0 fully saturated rings. The van der Waals surface area contributed by atoms with Crippen molar-refractivity contribution in [1.29, 1.82) is 0 Å². The molecule has 2 heterocycles. The van der Waals surface area contributed by atoms with E-state index in [1.54, 1.807) is 41.9 Å². The highest BCUT2D eigenvalue weighted by Crippen LogP contribution is 2.40. The highest BCUT2D eigenvalue weighted by molar-refractivity contribution is 6.42. The summed E-state index contributed by atoms with van der Waals surface area (Å²) in [7, 11) is 0. The molecule has 4 rings (SSSR count). The molecule has 3 aromatic rings. The summed E-state index contributed by atoms with van der Waals surface area (Å²) in [6.45, 7) is 1.76. The van der Waals surface area contributed by atoms with Gasteiger partial charge < -0.3 is 11.1 Å². The number of carbonyl (C=O) groups is 1. The van der Waals surface area contributed by atoms with Gasteiger partial charge in [-0.05, 0) is 37.3 Å². The summed E-state index contributed by atoms with van der Waals surface area (Å²) in [4.78, 5) is 16.8. The molecule has 1 aromatic heterocycles. The van der Waals surface area contributed by atoms with Crippen molar-refractivity contribution in [2.45, 2.75) is 13.0 Å². The first kappa shape index (κ1) is 18.8. The molecule has 1 aliphatic rings. The molecule has 1 atom stereocenters. The van der Waals surface area contributed by atoms with E-state index in [4.69, 9.17) is 40.5 Å². The lowest BCUT2D eigenvalue weighted by Gasteiger charge is -2.28. The Labute approximate surface area is 175 Å². The first-order chi connectivity index (χ1) is 13.4. The predicted octanol–water partition coefficient (Wildman–Crippen LogP) is 4.68. The first-order valence-electron chi connectivity index (χ1n) is 8.31. The first-order valence-corrected chi connectivity index (χ1v) is 9.44. The zero-order valence-electron chi connectivity index (χ0n) is 14.6. The molecule has 0 spiro atoms. The van der Waals surface area contributed by atoms with Crippen LogP contribution in [0.2, 0.25) is 15.1 Å². The molecular formula is C19H14Cl3N5O. The van der Waals surface area contributed by atoms with Gasteiger partial charge in [-0.1, -0.05) is 46.9 Å². The molecule has 0 aliphatic carbocycles. The van der Waals surface area contributed by atoms with Gasteiger partial charge in [0, 0.05) is 21.8 Å². The average molecular weight is 435 g/mol. The normalized spacial score (nSPS) is 15.9. The second-order valence-electron chi connectivity index (χ2n) is 6.28. The second kappa shape index (κ2) is 7.13. The maximum atomic E-state index is 12.2. The van der Waals surface area contributed by atoms with E-state index < -0.39 is 11.9 Å². The van der Waals surface area contributed by atoms with Crippen molar-refractivity contribution in [2.75, 3.05) is 5.32 Å². The maximum absolute atomic E-state index is 12.2. The Morgan fingerprint density at radius 3 is 2.54 bits per heavy atom. The Kier molecular flexibility index (Phi) is 4.79. The molecule has 1 unspecified atom stereocenters. The molecule has 0 bridgehead atoms. The minimum atomic E-state index is -0.659. The number of benzene rings is 2. The fraction of sp³-hybridized carbons (Fsp3) is 0.105. The van der Waals surface area contributed by atoms with Crippen LogP contribution in [0.1, 0.15) is 18.5 Å². The monoisotopic (exact) mass is 433 g/mol. The van der Waals surface area contributed by atoms with Crippen LogP contribution in [0, 0.1) is 0 Å². The third kappa shape index (κ3) is 3.13. The number of hydrogen-bond donors (Lipinski definition) is 2. The lowest BCUT2D eigenvalue weighted by atomic mass is 9.95. The van der Waals surface area contributed by atoms with Crippen molar-refractivity contribution in [3.8, 4) is 11.4 Å². The van der Waals surface area contributed by atoms with E-state index in [0.717, 1.165) is 5.56 Å². The Morgan fingerprint density at radius 1 is 1.14 bits per heavy atom. The highest BCUT2D eigenvalue weighted by Gasteiger charge is 2.34. The van der Waals surface area contributed by atoms with Crippen LogP contribution in [0.15, 0.2) is 53.7 Å². The number of nitrogens with two attached hydrogens (primary N) is 1. The smallest absolute Gasteiger partial charge is 0.248 e. The van der Waals surface area contributed by atoms with Crippen LogP contribution in [0.25, 0.3) is 11.4 Å². The van der Waals surface area contributed by atoms with E-state index in [9.17, 15) is 4.79 Å². The van der Waals surface area contributed by atoms with Crippen LogP contribution in [-0.2, 0) is 4.79 Å². The number of fused-ring (bicyclic) bond motifs is 1. The van der Waals surface area contributed by atoms with Crippen molar-refractivity contribution < 1.29 is 4.79 Å². The molecule has 3 N–H and O–H groups in total. The topological polar surface area (TPSA) is 85.8 Å². The van der Waals surface area contributed by atoms with Crippen molar-refractivity contribution in [2.24, 2.45) is 5.73 Å². The fourth-order valence-electron chi connectivity index (χ4n) is 3.21. The van der Waals surface area contributed by atoms with E-state index >= 15 is 0 Å². The van der Waals surface area contributed by atoms with Gasteiger partial charge in [-0.2, -0.15) is 4.98 Å². The summed E-state index contributed by atoms with van der Waals surface area (Å²) in [5, 5.41) is 9.01. The zero-order valence-corrected chi connectivity index (χ0v) is 16.8. The van der Waals surface area contributed by atoms with Gasteiger partial charge in [0.25, 0.3) is 0 Å². The summed E-state index contributed by atoms with van der Waals surface area (Å²) in [6.07, 6.45) is 0. The lowest BCUT2D eigenvalue weighted by molar-refractivity contribution is -0.115. The van der Waals surface area contributed by atoms with Crippen LogP contribution in [-0.4, -0.2) is 20.7 Å². The van der Waals surface area contributed by atoms with Gasteiger partial charge in [-0.15, -0.1) is 5.10 Å². The summed E-state index contributed by atoms with van der Waals surface area (Å²) < 4.78 is 1.59. The molecular weight excluding hydrogens is 421 g/mol. The number of carbonyl (C=O) groups excluding carboxylic acids is 1. The number of anilines is 1. The molecule has 6 nitrogen and oxygen atoms in total.